The summed E-state index contributed by atoms with van der Waals surface area (Å²) in [6.45, 7) is 4.36. The minimum absolute atomic E-state index is 0.141. The summed E-state index contributed by atoms with van der Waals surface area (Å²) in [5.41, 5.74) is 0. The van der Waals surface area contributed by atoms with Gasteiger partial charge in [-0.05, 0) is 25.7 Å². The number of ether oxygens (including phenoxy) is 2. The second-order valence-electron chi connectivity index (χ2n) is 4.58. The third-order valence-corrected chi connectivity index (χ3v) is 3.18. The molecular weight excluding hydrogens is 190 g/mol. The van der Waals surface area contributed by atoms with Crippen LogP contribution in [0.4, 0.5) is 0 Å². The Morgan fingerprint density at radius 3 is 2.27 bits per heavy atom. The van der Waals surface area contributed by atoms with E-state index >= 15 is 0 Å². The van der Waals surface area contributed by atoms with Crippen LogP contribution in [0.3, 0.4) is 0 Å². The Hall–Kier alpha value is -0.120. The van der Waals surface area contributed by atoms with Gasteiger partial charge in [0.25, 0.3) is 0 Å². The van der Waals surface area contributed by atoms with Gasteiger partial charge in [0, 0.05) is 20.3 Å². The molecule has 3 nitrogen and oxygen atoms in total. The maximum absolute atomic E-state index is 5.24. The Balaban J connectivity index is 2.28. The van der Waals surface area contributed by atoms with E-state index in [1.807, 2.05) is 0 Å². The molecule has 0 spiro atoms. The summed E-state index contributed by atoms with van der Waals surface area (Å²) in [5.74, 6) is 0.971. The molecule has 1 aliphatic rings. The third kappa shape index (κ3) is 4.49. The van der Waals surface area contributed by atoms with Crippen molar-refractivity contribution in [2.75, 3.05) is 14.2 Å². The largest absolute Gasteiger partial charge is 0.354 e. The quantitative estimate of drug-likeness (QED) is 0.629. The van der Waals surface area contributed by atoms with Crippen molar-refractivity contribution in [1.29, 1.82) is 0 Å². The first-order valence-electron chi connectivity index (χ1n) is 6.02. The molecule has 90 valence electrons. The molecule has 0 bridgehead atoms. The predicted molar refractivity (Wildman–Crippen MR) is 61.8 cm³/mol. The Morgan fingerprint density at radius 2 is 1.87 bits per heavy atom. The van der Waals surface area contributed by atoms with Gasteiger partial charge in [-0.1, -0.05) is 19.8 Å². The normalized spacial score (nSPS) is 20.6. The minimum Gasteiger partial charge on any atom is -0.354 e. The Morgan fingerprint density at radius 1 is 1.27 bits per heavy atom. The number of rotatable bonds is 8. The highest BCUT2D eigenvalue weighted by Gasteiger charge is 2.26. The van der Waals surface area contributed by atoms with Crippen LogP contribution >= 0.6 is 0 Å². The van der Waals surface area contributed by atoms with Gasteiger partial charge in [0.2, 0.25) is 0 Å². The van der Waals surface area contributed by atoms with E-state index in [-0.39, 0.29) is 12.3 Å². The van der Waals surface area contributed by atoms with Gasteiger partial charge in [-0.3, -0.25) is 0 Å². The fourth-order valence-corrected chi connectivity index (χ4v) is 2.06. The van der Waals surface area contributed by atoms with Crippen LogP contribution in [0.15, 0.2) is 0 Å². The van der Waals surface area contributed by atoms with Crippen molar-refractivity contribution < 1.29 is 9.47 Å². The van der Waals surface area contributed by atoms with E-state index in [1.165, 1.54) is 25.7 Å². The molecule has 2 atom stereocenters. The average Bonchev–Trinajstić information content (AvgIpc) is 3.02. The lowest BCUT2D eigenvalue weighted by atomic mass is 10.1. The van der Waals surface area contributed by atoms with E-state index in [2.05, 4.69) is 19.2 Å². The molecule has 1 N–H and O–H groups in total. The van der Waals surface area contributed by atoms with E-state index in [4.69, 9.17) is 9.47 Å². The summed E-state index contributed by atoms with van der Waals surface area (Å²) in [7, 11) is 3.38. The summed E-state index contributed by atoms with van der Waals surface area (Å²) in [6, 6.07) is 0.865. The molecule has 0 aromatic carbocycles. The summed E-state index contributed by atoms with van der Waals surface area (Å²) in [6.07, 6.45) is 5.19. The van der Waals surface area contributed by atoms with Crippen LogP contribution in [0.25, 0.3) is 0 Å². The van der Waals surface area contributed by atoms with Gasteiger partial charge in [-0.15, -0.1) is 0 Å². The van der Waals surface area contributed by atoms with Gasteiger partial charge in [0.1, 0.15) is 0 Å². The molecule has 1 aliphatic carbocycles. The van der Waals surface area contributed by atoms with Crippen LogP contribution in [0.5, 0.6) is 0 Å². The SMILES string of the molecule is CCC(CC1CC1)NC(C)C(OC)OC. The topological polar surface area (TPSA) is 30.5 Å². The standard InChI is InChI=1S/C12H25NO2/c1-5-11(8-10-6-7-10)13-9(2)12(14-3)15-4/h9-13H,5-8H2,1-4H3. The highest BCUT2D eigenvalue weighted by molar-refractivity contribution is 4.81. The van der Waals surface area contributed by atoms with Gasteiger partial charge in [-0.25, -0.2) is 0 Å². The smallest absolute Gasteiger partial charge is 0.171 e. The number of methoxy groups -OCH3 is 2. The van der Waals surface area contributed by atoms with Gasteiger partial charge < -0.3 is 14.8 Å². The molecule has 0 saturated heterocycles. The Bertz CT molecular complexity index is 167. The van der Waals surface area contributed by atoms with Crippen molar-refractivity contribution in [1.82, 2.24) is 5.32 Å². The molecule has 0 aliphatic heterocycles. The van der Waals surface area contributed by atoms with Crippen molar-refractivity contribution in [2.24, 2.45) is 5.92 Å². The molecule has 0 amide bonds. The lowest BCUT2D eigenvalue weighted by Crippen LogP contribution is -2.45. The van der Waals surface area contributed by atoms with E-state index in [0.29, 0.717) is 6.04 Å². The maximum Gasteiger partial charge on any atom is 0.171 e. The first kappa shape index (κ1) is 12.9. The summed E-state index contributed by atoms with van der Waals surface area (Å²) in [4.78, 5) is 0. The second-order valence-corrected chi connectivity index (χ2v) is 4.58. The molecule has 2 unspecified atom stereocenters. The zero-order valence-electron chi connectivity index (χ0n) is 10.5. The van der Waals surface area contributed by atoms with Crippen LogP contribution in [0, 0.1) is 5.92 Å². The zero-order chi connectivity index (χ0) is 11.3. The van der Waals surface area contributed by atoms with Crippen LogP contribution in [-0.2, 0) is 9.47 Å². The van der Waals surface area contributed by atoms with E-state index in [0.717, 1.165) is 5.92 Å². The molecular formula is C12H25NO2. The average molecular weight is 215 g/mol. The zero-order valence-corrected chi connectivity index (χ0v) is 10.5. The number of nitrogens with one attached hydrogen (secondary N) is 1. The number of hydrogen-bond donors (Lipinski definition) is 1. The highest BCUT2D eigenvalue weighted by Crippen LogP contribution is 2.34. The van der Waals surface area contributed by atoms with Crippen molar-refractivity contribution in [3.05, 3.63) is 0 Å². The molecule has 15 heavy (non-hydrogen) atoms. The minimum atomic E-state index is -0.141. The van der Waals surface area contributed by atoms with E-state index in [9.17, 15) is 0 Å². The fraction of sp³-hybridized carbons (Fsp3) is 1.00. The van der Waals surface area contributed by atoms with Crippen molar-refractivity contribution in [3.63, 3.8) is 0 Å². The first-order chi connectivity index (χ1) is 7.21. The third-order valence-electron chi connectivity index (χ3n) is 3.18. The van der Waals surface area contributed by atoms with Gasteiger partial charge in [0.05, 0.1) is 6.04 Å². The molecule has 3 heteroatoms. The van der Waals surface area contributed by atoms with Crippen LogP contribution in [-0.4, -0.2) is 32.6 Å². The summed E-state index contributed by atoms with van der Waals surface area (Å²) < 4.78 is 10.5. The van der Waals surface area contributed by atoms with Crippen molar-refractivity contribution in [3.8, 4) is 0 Å². The van der Waals surface area contributed by atoms with Crippen LogP contribution in [0.2, 0.25) is 0 Å². The van der Waals surface area contributed by atoms with E-state index < -0.39 is 0 Å². The molecule has 0 radical (unpaired) electrons. The molecule has 0 aromatic rings. The molecule has 0 heterocycles. The lowest BCUT2D eigenvalue weighted by molar-refractivity contribution is -0.121. The Labute approximate surface area is 93.5 Å². The highest BCUT2D eigenvalue weighted by atomic mass is 16.7. The van der Waals surface area contributed by atoms with Crippen molar-refractivity contribution in [2.45, 2.75) is 57.9 Å². The lowest BCUT2D eigenvalue weighted by Gasteiger charge is -2.27. The predicted octanol–water partition coefficient (Wildman–Crippen LogP) is 2.16. The van der Waals surface area contributed by atoms with Gasteiger partial charge in [-0.2, -0.15) is 0 Å². The van der Waals surface area contributed by atoms with Crippen molar-refractivity contribution >= 4 is 0 Å². The summed E-state index contributed by atoms with van der Waals surface area (Å²) >= 11 is 0. The maximum atomic E-state index is 5.24. The molecule has 0 aromatic heterocycles. The second kappa shape index (κ2) is 6.46. The first-order valence-corrected chi connectivity index (χ1v) is 6.02. The fourth-order valence-electron chi connectivity index (χ4n) is 2.06. The molecule has 1 saturated carbocycles. The van der Waals surface area contributed by atoms with E-state index in [1.54, 1.807) is 14.2 Å². The Kier molecular flexibility index (Phi) is 5.58. The monoisotopic (exact) mass is 215 g/mol. The molecule has 1 fully saturated rings. The van der Waals surface area contributed by atoms with Gasteiger partial charge in [0.15, 0.2) is 6.29 Å². The van der Waals surface area contributed by atoms with Crippen LogP contribution < -0.4 is 5.32 Å². The van der Waals surface area contributed by atoms with Gasteiger partial charge >= 0.3 is 0 Å². The van der Waals surface area contributed by atoms with Crippen LogP contribution in [0.1, 0.15) is 39.5 Å². The number of hydrogen-bond acceptors (Lipinski definition) is 3. The molecule has 1 rings (SSSR count). The summed E-state index contributed by atoms with van der Waals surface area (Å²) in [5, 5.41) is 3.59.